The number of thiazole rings is 1. The molecule has 0 bridgehead atoms. The Morgan fingerprint density at radius 2 is 1.76 bits per heavy atom. The van der Waals surface area contributed by atoms with Crippen LogP contribution >= 0.6 is 11.3 Å². The number of nitrogens with one attached hydrogen (secondary N) is 2. The van der Waals surface area contributed by atoms with Crippen molar-refractivity contribution in [3.63, 3.8) is 0 Å². The summed E-state index contributed by atoms with van der Waals surface area (Å²) >= 11 is 1.47. The van der Waals surface area contributed by atoms with Gasteiger partial charge >= 0.3 is 6.03 Å². The van der Waals surface area contributed by atoms with Crippen molar-refractivity contribution < 1.29 is 4.79 Å². The van der Waals surface area contributed by atoms with E-state index >= 15 is 0 Å². The Morgan fingerprint density at radius 3 is 2.52 bits per heavy atom. The first-order valence-electron chi connectivity index (χ1n) is 6.63. The predicted molar refractivity (Wildman–Crippen MR) is 88.2 cm³/mol. The van der Waals surface area contributed by atoms with Gasteiger partial charge in [-0.05, 0) is 37.1 Å². The van der Waals surface area contributed by atoms with Gasteiger partial charge in [-0.15, -0.1) is 0 Å². The maximum absolute atomic E-state index is 12.0. The van der Waals surface area contributed by atoms with Crippen LogP contribution in [0.5, 0.6) is 0 Å². The molecule has 1 heterocycles. The highest BCUT2D eigenvalue weighted by Crippen LogP contribution is 2.28. The average Bonchev–Trinajstić information content (AvgIpc) is 2.85. The standard InChI is InChI=1S/C16H15N3OS/c1-10-6-3-4-8-12(10)17-15(20)19-16-18-14-11(2)7-5-9-13(14)21-16/h3-9H,1-2H3,(H2,17,18,19,20). The van der Waals surface area contributed by atoms with Crippen molar-refractivity contribution in [2.45, 2.75) is 13.8 Å². The van der Waals surface area contributed by atoms with Crippen LogP contribution in [0.4, 0.5) is 15.6 Å². The van der Waals surface area contributed by atoms with Crippen molar-refractivity contribution in [1.29, 1.82) is 0 Å². The summed E-state index contributed by atoms with van der Waals surface area (Å²) in [4.78, 5) is 16.5. The number of benzene rings is 2. The van der Waals surface area contributed by atoms with Crippen molar-refractivity contribution in [1.82, 2.24) is 4.98 Å². The van der Waals surface area contributed by atoms with E-state index in [0.717, 1.165) is 27.0 Å². The van der Waals surface area contributed by atoms with E-state index < -0.39 is 0 Å². The Morgan fingerprint density at radius 1 is 1.00 bits per heavy atom. The number of hydrogen-bond acceptors (Lipinski definition) is 3. The number of amides is 2. The fourth-order valence-corrected chi connectivity index (χ4v) is 3.04. The summed E-state index contributed by atoms with van der Waals surface area (Å²) in [6, 6.07) is 13.4. The Kier molecular flexibility index (Phi) is 3.58. The molecule has 0 aliphatic carbocycles. The normalized spacial score (nSPS) is 10.6. The van der Waals surface area contributed by atoms with Crippen molar-refractivity contribution >= 4 is 38.4 Å². The molecule has 0 atom stereocenters. The SMILES string of the molecule is Cc1ccccc1NC(=O)Nc1nc2c(C)cccc2s1. The topological polar surface area (TPSA) is 54.0 Å². The number of carbonyl (C=O) groups is 1. The third kappa shape index (κ3) is 2.87. The van der Waals surface area contributed by atoms with Crippen molar-refractivity contribution in [2.24, 2.45) is 0 Å². The van der Waals surface area contributed by atoms with E-state index in [4.69, 9.17) is 0 Å². The van der Waals surface area contributed by atoms with Crippen LogP contribution in [0, 0.1) is 13.8 Å². The predicted octanol–water partition coefficient (Wildman–Crippen LogP) is 4.56. The maximum Gasteiger partial charge on any atom is 0.325 e. The Bertz CT molecular complexity index is 810. The smallest absolute Gasteiger partial charge is 0.307 e. The molecule has 0 unspecified atom stereocenters. The van der Waals surface area contributed by atoms with Gasteiger partial charge in [0.2, 0.25) is 0 Å². The summed E-state index contributed by atoms with van der Waals surface area (Å²) < 4.78 is 1.07. The first-order valence-corrected chi connectivity index (χ1v) is 7.45. The van der Waals surface area contributed by atoms with Gasteiger partial charge in [-0.25, -0.2) is 9.78 Å². The molecule has 2 aromatic carbocycles. The van der Waals surface area contributed by atoms with Crippen LogP contribution < -0.4 is 10.6 Å². The summed E-state index contributed by atoms with van der Waals surface area (Å²) in [6.45, 7) is 3.97. The van der Waals surface area contributed by atoms with E-state index in [-0.39, 0.29) is 6.03 Å². The molecule has 0 saturated carbocycles. The molecule has 21 heavy (non-hydrogen) atoms. The van der Waals surface area contributed by atoms with E-state index in [2.05, 4.69) is 15.6 Å². The molecule has 3 rings (SSSR count). The molecule has 0 radical (unpaired) electrons. The monoisotopic (exact) mass is 297 g/mol. The first-order chi connectivity index (χ1) is 10.1. The third-order valence-corrected chi connectivity index (χ3v) is 4.17. The number of rotatable bonds is 2. The summed E-state index contributed by atoms with van der Waals surface area (Å²) in [7, 11) is 0. The van der Waals surface area contributed by atoms with Crippen molar-refractivity contribution in [2.75, 3.05) is 10.6 Å². The Balaban J connectivity index is 1.77. The lowest BCUT2D eigenvalue weighted by atomic mass is 10.2. The lowest BCUT2D eigenvalue weighted by molar-refractivity contribution is 0.262. The largest absolute Gasteiger partial charge is 0.325 e. The highest BCUT2D eigenvalue weighted by atomic mass is 32.1. The van der Waals surface area contributed by atoms with E-state index in [9.17, 15) is 4.79 Å². The maximum atomic E-state index is 12.0. The molecule has 2 N–H and O–H groups in total. The van der Waals surface area contributed by atoms with E-state index in [1.165, 1.54) is 11.3 Å². The molecule has 0 aliphatic heterocycles. The van der Waals surface area contributed by atoms with Crippen LogP contribution in [0.2, 0.25) is 0 Å². The molecule has 0 fully saturated rings. The highest BCUT2D eigenvalue weighted by molar-refractivity contribution is 7.22. The summed E-state index contributed by atoms with van der Waals surface area (Å²) in [5.74, 6) is 0. The molecule has 0 saturated heterocycles. The van der Waals surface area contributed by atoms with Gasteiger partial charge in [0.15, 0.2) is 5.13 Å². The van der Waals surface area contributed by atoms with Crippen LogP contribution in [0.15, 0.2) is 42.5 Å². The fourth-order valence-electron chi connectivity index (χ4n) is 2.10. The Labute approximate surface area is 126 Å². The number of anilines is 2. The molecule has 0 spiro atoms. The van der Waals surface area contributed by atoms with Gasteiger partial charge in [0.25, 0.3) is 0 Å². The molecular weight excluding hydrogens is 282 g/mol. The van der Waals surface area contributed by atoms with Gasteiger partial charge in [-0.1, -0.05) is 41.7 Å². The van der Waals surface area contributed by atoms with Crippen LogP contribution in [0.25, 0.3) is 10.2 Å². The second kappa shape index (κ2) is 5.54. The quantitative estimate of drug-likeness (QED) is 0.728. The number of hydrogen-bond donors (Lipinski definition) is 2. The minimum absolute atomic E-state index is 0.277. The molecule has 5 heteroatoms. The van der Waals surface area contributed by atoms with Gasteiger partial charge < -0.3 is 5.32 Å². The second-order valence-electron chi connectivity index (χ2n) is 4.83. The first kappa shape index (κ1) is 13.6. The highest BCUT2D eigenvalue weighted by Gasteiger charge is 2.09. The van der Waals surface area contributed by atoms with Crippen LogP contribution in [0.3, 0.4) is 0 Å². The molecule has 1 aromatic heterocycles. The molecule has 3 aromatic rings. The van der Waals surface area contributed by atoms with Crippen LogP contribution in [-0.4, -0.2) is 11.0 Å². The van der Waals surface area contributed by atoms with Crippen LogP contribution in [0.1, 0.15) is 11.1 Å². The van der Waals surface area contributed by atoms with Gasteiger partial charge in [0, 0.05) is 5.69 Å². The molecule has 106 valence electrons. The minimum atomic E-state index is -0.277. The zero-order valence-corrected chi connectivity index (χ0v) is 12.6. The van der Waals surface area contributed by atoms with Crippen LogP contribution in [-0.2, 0) is 0 Å². The number of aryl methyl sites for hydroxylation is 2. The third-order valence-electron chi connectivity index (χ3n) is 3.23. The van der Waals surface area contributed by atoms with Crippen molar-refractivity contribution in [3.05, 3.63) is 53.6 Å². The van der Waals surface area contributed by atoms with Gasteiger partial charge in [0.05, 0.1) is 10.2 Å². The van der Waals surface area contributed by atoms with E-state index in [0.29, 0.717) is 5.13 Å². The zero-order chi connectivity index (χ0) is 14.8. The number of urea groups is 1. The zero-order valence-electron chi connectivity index (χ0n) is 11.8. The minimum Gasteiger partial charge on any atom is -0.307 e. The molecule has 0 aliphatic rings. The summed E-state index contributed by atoms with van der Waals surface area (Å²) in [6.07, 6.45) is 0. The van der Waals surface area contributed by atoms with Gasteiger partial charge in [-0.3, -0.25) is 5.32 Å². The van der Waals surface area contributed by atoms with E-state index in [1.807, 2.05) is 56.3 Å². The number of para-hydroxylation sites is 2. The fraction of sp³-hybridized carbons (Fsp3) is 0.125. The van der Waals surface area contributed by atoms with E-state index in [1.54, 1.807) is 0 Å². The number of aromatic nitrogens is 1. The molecule has 2 amide bonds. The lowest BCUT2D eigenvalue weighted by Crippen LogP contribution is -2.19. The molecule has 4 nitrogen and oxygen atoms in total. The number of carbonyl (C=O) groups excluding carboxylic acids is 1. The second-order valence-corrected chi connectivity index (χ2v) is 5.87. The lowest BCUT2D eigenvalue weighted by Gasteiger charge is -2.07. The number of fused-ring (bicyclic) bond motifs is 1. The van der Waals surface area contributed by atoms with Gasteiger partial charge in [0.1, 0.15) is 0 Å². The summed E-state index contributed by atoms with van der Waals surface area (Å²) in [5.41, 5.74) is 3.87. The Hall–Kier alpha value is -2.40. The number of nitrogens with zero attached hydrogens (tertiary/aromatic N) is 1. The van der Waals surface area contributed by atoms with Crippen molar-refractivity contribution in [3.8, 4) is 0 Å². The summed E-state index contributed by atoms with van der Waals surface area (Å²) in [5, 5.41) is 6.23. The molecular formula is C16H15N3OS. The average molecular weight is 297 g/mol. The van der Waals surface area contributed by atoms with Gasteiger partial charge in [-0.2, -0.15) is 0 Å².